The van der Waals surface area contributed by atoms with Crippen LogP contribution in [0.3, 0.4) is 0 Å². The van der Waals surface area contributed by atoms with Gasteiger partial charge in [-0.05, 0) is 37.5 Å². The molecule has 0 radical (unpaired) electrons. The Bertz CT molecular complexity index is 677. The summed E-state index contributed by atoms with van der Waals surface area (Å²) in [6.07, 6.45) is 3.73. The topological polar surface area (TPSA) is 55.1 Å². The summed E-state index contributed by atoms with van der Waals surface area (Å²) in [6, 6.07) is 14.7. The summed E-state index contributed by atoms with van der Waals surface area (Å²) in [5.74, 6) is 0.845. The van der Waals surface area contributed by atoms with Gasteiger partial charge in [-0.2, -0.15) is 4.52 Å². The molecule has 5 nitrogen and oxygen atoms in total. The van der Waals surface area contributed by atoms with Crippen molar-refractivity contribution in [2.24, 2.45) is 0 Å². The predicted molar refractivity (Wildman–Crippen MR) is 78.6 cm³/mol. The van der Waals surface area contributed by atoms with Gasteiger partial charge < -0.3 is 5.32 Å². The molecule has 0 fully saturated rings. The second-order valence-corrected chi connectivity index (χ2v) is 4.92. The number of anilines is 1. The normalized spacial score (nSPS) is 12.4. The number of aromatic nitrogens is 4. The fourth-order valence-corrected chi connectivity index (χ4v) is 2.16. The first-order valence-corrected chi connectivity index (χ1v) is 6.79. The van der Waals surface area contributed by atoms with Crippen molar-refractivity contribution in [3.05, 3.63) is 54.4 Å². The zero-order valence-electron chi connectivity index (χ0n) is 11.4. The molecule has 1 atom stereocenters. The van der Waals surface area contributed by atoms with E-state index in [4.69, 9.17) is 0 Å². The van der Waals surface area contributed by atoms with Gasteiger partial charge in [0.05, 0.1) is 0 Å². The molecule has 1 N–H and O–H groups in total. The first kappa shape index (κ1) is 12.6. The number of rotatable bonds is 5. The monoisotopic (exact) mass is 267 g/mol. The third-order valence-electron chi connectivity index (χ3n) is 3.26. The lowest BCUT2D eigenvalue weighted by Gasteiger charge is -2.14. The van der Waals surface area contributed by atoms with Gasteiger partial charge in [-0.25, -0.2) is 0 Å². The van der Waals surface area contributed by atoms with Crippen LogP contribution in [0.15, 0.2) is 48.8 Å². The van der Waals surface area contributed by atoms with Crippen LogP contribution < -0.4 is 5.32 Å². The van der Waals surface area contributed by atoms with E-state index in [2.05, 4.69) is 51.8 Å². The summed E-state index contributed by atoms with van der Waals surface area (Å²) in [4.78, 5) is 0. The summed E-state index contributed by atoms with van der Waals surface area (Å²) in [5.41, 5.74) is 2.12. The minimum atomic E-state index is 0.358. The quantitative estimate of drug-likeness (QED) is 0.772. The molecular formula is C15H17N5. The highest BCUT2D eigenvalue weighted by Gasteiger charge is 2.05. The van der Waals surface area contributed by atoms with Gasteiger partial charge in [0.15, 0.2) is 5.65 Å². The van der Waals surface area contributed by atoms with Crippen molar-refractivity contribution in [2.75, 3.05) is 5.32 Å². The highest BCUT2D eigenvalue weighted by Crippen LogP contribution is 2.10. The van der Waals surface area contributed by atoms with Crippen molar-refractivity contribution >= 4 is 11.5 Å². The summed E-state index contributed by atoms with van der Waals surface area (Å²) in [5, 5.41) is 15.6. The van der Waals surface area contributed by atoms with Crippen LogP contribution in [0.5, 0.6) is 0 Å². The van der Waals surface area contributed by atoms with Gasteiger partial charge in [-0.3, -0.25) is 0 Å². The molecule has 0 saturated heterocycles. The van der Waals surface area contributed by atoms with Gasteiger partial charge in [0.1, 0.15) is 12.1 Å². The largest absolute Gasteiger partial charge is 0.366 e. The average molecular weight is 267 g/mol. The number of hydrogen-bond acceptors (Lipinski definition) is 4. The number of nitrogens with zero attached hydrogens (tertiary/aromatic N) is 4. The zero-order valence-corrected chi connectivity index (χ0v) is 11.4. The van der Waals surface area contributed by atoms with Crippen LogP contribution in [-0.4, -0.2) is 25.9 Å². The van der Waals surface area contributed by atoms with E-state index in [9.17, 15) is 0 Å². The molecule has 2 heterocycles. The lowest BCUT2D eigenvalue weighted by Crippen LogP contribution is -2.17. The van der Waals surface area contributed by atoms with Crippen molar-refractivity contribution in [3.63, 3.8) is 0 Å². The summed E-state index contributed by atoms with van der Waals surface area (Å²) in [7, 11) is 0. The van der Waals surface area contributed by atoms with E-state index in [0.717, 1.165) is 24.3 Å². The molecule has 0 spiro atoms. The van der Waals surface area contributed by atoms with Crippen molar-refractivity contribution in [1.29, 1.82) is 0 Å². The maximum absolute atomic E-state index is 4.41. The molecule has 20 heavy (non-hydrogen) atoms. The van der Waals surface area contributed by atoms with Gasteiger partial charge in [0, 0.05) is 6.04 Å². The molecule has 0 aliphatic carbocycles. The van der Waals surface area contributed by atoms with Crippen LogP contribution in [0.1, 0.15) is 18.9 Å². The minimum absolute atomic E-state index is 0.358. The second-order valence-electron chi connectivity index (χ2n) is 4.92. The highest BCUT2D eigenvalue weighted by molar-refractivity contribution is 5.43. The van der Waals surface area contributed by atoms with E-state index in [1.54, 1.807) is 10.8 Å². The average Bonchev–Trinajstić information content (AvgIpc) is 2.94. The first-order valence-electron chi connectivity index (χ1n) is 6.79. The third kappa shape index (κ3) is 2.93. The van der Waals surface area contributed by atoms with Crippen molar-refractivity contribution in [1.82, 2.24) is 19.8 Å². The molecule has 0 aliphatic heterocycles. The van der Waals surface area contributed by atoms with Crippen LogP contribution >= 0.6 is 0 Å². The number of hydrogen-bond donors (Lipinski definition) is 1. The molecule has 0 saturated carbocycles. The Labute approximate surface area is 117 Å². The number of nitrogens with one attached hydrogen (secondary N) is 1. The van der Waals surface area contributed by atoms with Crippen molar-refractivity contribution in [3.8, 4) is 0 Å². The molecule has 0 unspecified atom stereocenters. The lowest BCUT2D eigenvalue weighted by atomic mass is 10.1. The fourth-order valence-electron chi connectivity index (χ4n) is 2.16. The molecule has 5 heteroatoms. The van der Waals surface area contributed by atoms with Gasteiger partial charge >= 0.3 is 0 Å². The van der Waals surface area contributed by atoms with E-state index in [1.807, 2.05) is 18.2 Å². The Kier molecular flexibility index (Phi) is 3.58. The first-order chi connectivity index (χ1) is 9.81. The van der Waals surface area contributed by atoms with Crippen LogP contribution in [0.25, 0.3) is 5.65 Å². The van der Waals surface area contributed by atoms with E-state index < -0.39 is 0 Å². The molecule has 0 aliphatic rings. The van der Waals surface area contributed by atoms with E-state index in [0.29, 0.717) is 6.04 Å². The van der Waals surface area contributed by atoms with Gasteiger partial charge in [-0.15, -0.1) is 15.3 Å². The van der Waals surface area contributed by atoms with Crippen LogP contribution in [0.4, 0.5) is 5.82 Å². The Hall–Kier alpha value is -2.43. The predicted octanol–water partition coefficient (Wildman–Crippen LogP) is 2.56. The molecular weight excluding hydrogens is 250 g/mol. The maximum Gasteiger partial charge on any atom is 0.177 e. The molecule has 0 amide bonds. The van der Waals surface area contributed by atoms with Crippen LogP contribution in [0.2, 0.25) is 0 Å². The lowest BCUT2D eigenvalue weighted by molar-refractivity contribution is 0.699. The second kappa shape index (κ2) is 5.69. The van der Waals surface area contributed by atoms with Crippen molar-refractivity contribution in [2.45, 2.75) is 25.8 Å². The number of aryl methyl sites for hydroxylation is 1. The van der Waals surface area contributed by atoms with Crippen LogP contribution in [0, 0.1) is 0 Å². The van der Waals surface area contributed by atoms with Crippen molar-refractivity contribution < 1.29 is 0 Å². The molecule has 3 aromatic rings. The molecule has 0 bridgehead atoms. The summed E-state index contributed by atoms with van der Waals surface area (Å²) >= 11 is 0. The highest BCUT2D eigenvalue weighted by atomic mass is 15.4. The van der Waals surface area contributed by atoms with Gasteiger partial charge in [-0.1, -0.05) is 30.3 Å². The zero-order chi connectivity index (χ0) is 13.8. The Morgan fingerprint density at radius 1 is 1.15 bits per heavy atom. The smallest absolute Gasteiger partial charge is 0.177 e. The molecule has 102 valence electrons. The minimum Gasteiger partial charge on any atom is -0.366 e. The Balaban J connectivity index is 1.59. The van der Waals surface area contributed by atoms with Crippen LogP contribution in [-0.2, 0) is 6.42 Å². The fraction of sp³-hybridized carbons (Fsp3) is 0.267. The maximum atomic E-state index is 4.41. The Morgan fingerprint density at radius 3 is 2.85 bits per heavy atom. The Morgan fingerprint density at radius 2 is 2.00 bits per heavy atom. The molecule has 3 rings (SSSR count). The van der Waals surface area contributed by atoms with E-state index in [1.165, 1.54) is 5.56 Å². The number of benzene rings is 1. The van der Waals surface area contributed by atoms with Gasteiger partial charge in [0.25, 0.3) is 0 Å². The van der Waals surface area contributed by atoms with E-state index >= 15 is 0 Å². The molecule has 2 aromatic heterocycles. The number of fused-ring (bicyclic) bond motifs is 1. The molecule has 1 aromatic carbocycles. The third-order valence-corrected chi connectivity index (χ3v) is 3.26. The van der Waals surface area contributed by atoms with E-state index in [-0.39, 0.29) is 0 Å². The van der Waals surface area contributed by atoms with Gasteiger partial charge in [0.2, 0.25) is 0 Å². The summed E-state index contributed by atoms with van der Waals surface area (Å²) in [6.45, 7) is 2.17. The summed E-state index contributed by atoms with van der Waals surface area (Å²) < 4.78 is 1.67. The standard InChI is InChI=1S/C15H17N5/c1-12(7-8-13-5-3-2-4-6-13)17-14-9-10-15-18-16-11-20(15)19-14/h2-6,9-12H,7-8H2,1H3,(H,17,19)/t12-/m0/s1. The SMILES string of the molecule is C[C@@H](CCc1ccccc1)Nc1ccc2nncn2n1.